The van der Waals surface area contributed by atoms with Gasteiger partial charge < -0.3 is 10.1 Å². The SMILES string of the molecule is OC(c1cc[nH]c1)C1CCCCC1. The lowest BCUT2D eigenvalue weighted by molar-refractivity contribution is 0.0850. The first kappa shape index (κ1) is 8.82. The van der Waals surface area contributed by atoms with E-state index in [9.17, 15) is 5.11 Å². The summed E-state index contributed by atoms with van der Waals surface area (Å²) >= 11 is 0. The van der Waals surface area contributed by atoms with Crippen molar-refractivity contribution in [2.75, 3.05) is 0 Å². The Balaban J connectivity index is 1.99. The van der Waals surface area contributed by atoms with Crippen LogP contribution in [0.5, 0.6) is 0 Å². The second kappa shape index (κ2) is 3.97. The van der Waals surface area contributed by atoms with Crippen molar-refractivity contribution in [3.63, 3.8) is 0 Å². The molecule has 0 saturated heterocycles. The molecule has 0 aliphatic heterocycles. The van der Waals surface area contributed by atoms with E-state index in [4.69, 9.17) is 0 Å². The molecular formula is C11H17NO. The van der Waals surface area contributed by atoms with E-state index in [0.717, 1.165) is 5.56 Å². The number of hydrogen-bond acceptors (Lipinski definition) is 1. The Labute approximate surface area is 79.0 Å². The molecule has 0 bridgehead atoms. The van der Waals surface area contributed by atoms with Crippen LogP contribution in [0, 0.1) is 5.92 Å². The first-order valence-electron chi connectivity index (χ1n) is 5.18. The Kier molecular flexibility index (Phi) is 2.69. The quantitative estimate of drug-likeness (QED) is 0.719. The van der Waals surface area contributed by atoms with Crippen LogP contribution in [0.25, 0.3) is 0 Å². The van der Waals surface area contributed by atoms with Crippen LogP contribution in [0.2, 0.25) is 0 Å². The predicted octanol–water partition coefficient (Wildman–Crippen LogP) is 2.63. The van der Waals surface area contributed by atoms with Crippen LogP contribution in [0.1, 0.15) is 43.8 Å². The second-order valence-electron chi connectivity index (χ2n) is 3.99. The minimum atomic E-state index is -0.244. The van der Waals surface area contributed by atoms with Crippen LogP contribution < -0.4 is 0 Å². The van der Waals surface area contributed by atoms with Crippen molar-refractivity contribution in [3.05, 3.63) is 24.0 Å². The van der Waals surface area contributed by atoms with Gasteiger partial charge in [-0.3, -0.25) is 0 Å². The first-order valence-corrected chi connectivity index (χ1v) is 5.18. The highest BCUT2D eigenvalue weighted by atomic mass is 16.3. The first-order chi connectivity index (χ1) is 6.38. The molecule has 1 heterocycles. The van der Waals surface area contributed by atoms with Crippen molar-refractivity contribution in [2.24, 2.45) is 5.92 Å². The average molecular weight is 179 g/mol. The fourth-order valence-electron chi connectivity index (χ4n) is 2.24. The highest BCUT2D eigenvalue weighted by molar-refractivity contribution is 5.12. The molecule has 1 saturated carbocycles. The zero-order valence-corrected chi connectivity index (χ0v) is 7.87. The van der Waals surface area contributed by atoms with Crippen molar-refractivity contribution in [1.82, 2.24) is 4.98 Å². The lowest BCUT2D eigenvalue weighted by Gasteiger charge is -2.25. The van der Waals surface area contributed by atoms with Gasteiger partial charge >= 0.3 is 0 Å². The summed E-state index contributed by atoms with van der Waals surface area (Å²) in [6.45, 7) is 0. The minimum absolute atomic E-state index is 0.244. The molecule has 1 atom stereocenters. The third-order valence-corrected chi connectivity index (χ3v) is 3.06. The summed E-state index contributed by atoms with van der Waals surface area (Å²) in [6.07, 6.45) is 9.82. The van der Waals surface area contributed by atoms with Gasteiger partial charge in [-0.1, -0.05) is 19.3 Å². The normalized spacial score (nSPS) is 21.6. The van der Waals surface area contributed by atoms with Crippen LogP contribution in [0.4, 0.5) is 0 Å². The third-order valence-electron chi connectivity index (χ3n) is 3.06. The zero-order chi connectivity index (χ0) is 9.10. The Morgan fingerprint density at radius 3 is 2.69 bits per heavy atom. The molecular weight excluding hydrogens is 162 g/mol. The number of nitrogens with one attached hydrogen (secondary N) is 1. The van der Waals surface area contributed by atoms with Crippen molar-refractivity contribution < 1.29 is 5.11 Å². The molecule has 1 aliphatic carbocycles. The lowest BCUT2D eigenvalue weighted by Crippen LogP contribution is -2.15. The molecule has 1 fully saturated rings. The van der Waals surface area contributed by atoms with Crippen molar-refractivity contribution in [1.29, 1.82) is 0 Å². The van der Waals surface area contributed by atoms with Crippen LogP contribution in [-0.2, 0) is 0 Å². The van der Waals surface area contributed by atoms with Crippen LogP contribution >= 0.6 is 0 Å². The zero-order valence-electron chi connectivity index (χ0n) is 7.87. The molecule has 2 heteroatoms. The topological polar surface area (TPSA) is 36.0 Å². The predicted molar refractivity (Wildman–Crippen MR) is 52.3 cm³/mol. The maximum atomic E-state index is 10.0. The van der Waals surface area contributed by atoms with Gasteiger partial charge in [-0.15, -0.1) is 0 Å². The largest absolute Gasteiger partial charge is 0.388 e. The molecule has 0 amide bonds. The number of hydrogen-bond donors (Lipinski definition) is 2. The molecule has 0 aromatic carbocycles. The molecule has 0 spiro atoms. The molecule has 1 unspecified atom stereocenters. The molecule has 1 aromatic rings. The van der Waals surface area contributed by atoms with E-state index < -0.39 is 0 Å². The fraction of sp³-hybridized carbons (Fsp3) is 0.636. The molecule has 2 rings (SSSR count). The molecule has 2 nitrogen and oxygen atoms in total. The number of aliphatic hydroxyl groups excluding tert-OH is 1. The van der Waals surface area contributed by atoms with E-state index in [1.165, 1.54) is 32.1 Å². The van der Waals surface area contributed by atoms with Gasteiger partial charge in [0.2, 0.25) is 0 Å². The van der Waals surface area contributed by atoms with E-state index in [1.807, 2.05) is 18.5 Å². The summed E-state index contributed by atoms with van der Waals surface area (Å²) in [6, 6.07) is 1.97. The highest BCUT2D eigenvalue weighted by Gasteiger charge is 2.22. The van der Waals surface area contributed by atoms with Crippen LogP contribution in [-0.4, -0.2) is 10.1 Å². The smallest absolute Gasteiger partial charge is 0.0832 e. The standard InChI is InChI=1S/C11H17NO/c13-11(10-6-7-12-8-10)9-4-2-1-3-5-9/h6-9,11-13H,1-5H2. The Hall–Kier alpha value is -0.760. The monoisotopic (exact) mass is 179 g/mol. The van der Waals surface area contributed by atoms with Gasteiger partial charge in [-0.25, -0.2) is 0 Å². The molecule has 1 aromatic heterocycles. The van der Waals surface area contributed by atoms with Gasteiger partial charge in [0, 0.05) is 12.4 Å². The summed E-state index contributed by atoms with van der Waals surface area (Å²) in [4.78, 5) is 2.99. The molecule has 13 heavy (non-hydrogen) atoms. The third kappa shape index (κ3) is 1.94. The Morgan fingerprint density at radius 2 is 2.08 bits per heavy atom. The lowest BCUT2D eigenvalue weighted by atomic mass is 9.83. The van der Waals surface area contributed by atoms with E-state index in [2.05, 4.69) is 4.98 Å². The number of aromatic amines is 1. The van der Waals surface area contributed by atoms with Gasteiger partial charge in [0.25, 0.3) is 0 Å². The van der Waals surface area contributed by atoms with Gasteiger partial charge in [0.15, 0.2) is 0 Å². The fourth-order valence-corrected chi connectivity index (χ4v) is 2.24. The molecule has 0 radical (unpaired) electrons. The summed E-state index contributed by atoms with van der Waals surface area (Å²) in [5.74, 6) is 0.490. The number of aromatic nitrogens is 1. The molecule has 2 N–H and O–H groups in total. The summed E-state index contributed by atoms with van der Waals surface area (Å²) in [7, 11) is 0. The van der Waals surface area contributed by atoms with E-state index in [-0.39, 0.29) is 6.10 Å². The van der Waals surface area contributed by atoms with E-state index in [1.54, 1.807) is 0 Å². The Bertz CT molecular complexity index is 237. The number of rotatable bonds is 2. The van der Waals surface area contributed by atoms with Gasteiger partial charge in [-0.05, 0) is 30.4 Å². The second-order valence-corrected chi connectivity index (χ2v) is 3.99. The molecule has 1 aliphatic rings. The van der Waals surface area contributed by atoms with Crippen molar-refractivity contribution in [3.8, 4) is 0 Å². The Morgan fingerprint density at radius 1 is 1.31 bits per heavy atom. The summed E-state index contributed by atoms with van der Waals surface area (Å²) < 4.78 is 0. The van der Waals surface area contributed by atoms with E-state index in [0.29, 0.717) is 5.92 Å². The van der Waals surface area contributed by atoms with Gasteiger partial charge in [0.05, 0.1) is 6.10 Å². The van der Waals surface area contributed by atoms with E-state index >= 15 is 0 Å². The van der Waals surface area contributed by atoms with Crippen LogP contribution in [0.3, 0.4) is 0 Å². The number of H-pyrrole nitrogens is 1. The molecule has 72 valence electrons. The summed E-state index contributed by atoms with van der Waals surface area (Å²) in [5, 5.41) is 10.0. The summed E-state index contributed by atoms with van der Waals surface area (Å²) in [5.41, 5.74) is 1.05. The van der Waals surface area contributed by atoms with Gasteiger partial charge in [-0.2, -0.15) is 0 Å². The van der Waals surface area contributed by atoms with Crippen molar-refractivity contribution >= 4 is 0 Å². The number of aliphatic hydroxyl groups is 1. The maximum Gasteiger partial charge on any atom is 0.0832 e. The van der Waals surface area contributed by atoms with Crippen LogP contribution in [0.15, 0.2) is 18.5 Å². The van der Waals surface area contributed by atoms with Crippen molar-refractivity contribution in [2.45, 2.75) is 38.2 Å². The minimum Gasteiger partial charge on any atom is -0.388 e. The highest BCUT2D eigenvalue weighted by Crippen LogP contribution is 2.33. The van der Waals surface area contributed by atoms with Gasteiger partial charge in [0.1, 0.15) is 0 Å². The maximum absolute atomic E-state index is 10.0. The average Bonchev–Trinajstić information content (AvgIpc) is 2.71.